The fourth-order valence-corrected chi connectivity index (χ4v) is 4.00. The number of phosphoric ester groups is 1. The maximum absolute atomic E-state index is 11.3. The van der Waals surface area contributed by atoms with Crippen molar-refractivity contribution in [3.05, 3.63) is 0 Å². The van der Waals surface area contributed by atoms with E-state index in [4.69, 9.17) is 24.5 Å². The van der Waals surface area contributed by atoms with Crippen molar-refractivity contribution in [3.63, 3.8) is 0 Å². The van der Waals surface area contributed by atoms with Crippen molar-refractivity contribution in [1.82, 2.24) is 0 Å². The molecule has 132 valence electrons. The van der Waals surface area contributed by atoms with Crippen molar-refractivity contribution >= 4 is 23.2 Å². The Bertz CT molecular complexity index is 535. The molecule has 0 aliphatic carbocycles. The normalized spacial score (nSPS) is 36.8. The number of hydrogen-bond acceptors (Lipinski definition) is 9. The third-order valence-corrected chi connectivity index (χ3v) is 5.56. The summed E-state index contributed by atoms with van der Waals surface area (Å²) in [5.74, 6) is -2.43. The predicted octanol–water partition coefficient (Wildman–Crippen LogP) is -2.84. The Hall–Kier alpha value is 0.250. The highest BCUT2D eigenvalue weighted by Crippen LogP contribution is 2.59. The van der Waals surface area contributed by atoms with E-state index >= 15 is 0 Å². The summed E-state index contributed by atoms with van der Waals surface area (Å²) >= 11 is 0. The molecule has 0 aromatic rings. The van der Waals surface area contributed by atoms with Crippen molar-refractivity contribution in [1.29, 1.82) is 0 Å². The van der Waals surface area contributed by atoms with Gasteiger partial charge < -0.3 is 44.5 Å². The maximum atomic E-state index is 11.3. The molecule has 0 amide bonds. The standard InChI is InChI=1S/C5H13O14P3/c6-1-2(7)4(17-5(3(1)8)20(9,10)11)18-22(15,16)19-21(12,13)14/h1-8H,(H,15,16)(H2,9,10,11)(H2,12,13,14)/t1-,2+,3-,4+,5?/m0/s1. The molecule has 1 saturated heterocycles. The second-order valence-corrected chi connectivity index (χ2v) is 8.57. The first-order valence-electron chi connectivity index (χ1n) is 5.17. The summed E-state index contributed by atoms with van der Waals surface area (Å²) in [6, 6.07) is 0. The van der Waals surface area contributed by atoms with E-state index < -0.39 is 53.7 Å². The number of aliphatic hydroxyl groups excluding tert-OH is 3. The minimum atomic E-state index is -5.54. The molecule has 14 nitrogen and oxygen atoms in total. The molecule has 1 rings (SSSR count). The minimum Gasteiger partial charge on any atom is -0.387 e. The Morgan fingerprint density at radius 2 is 1.32 bits per heavy atom. The van der Waals surface area contributed by atoms with Gasteiger partial charge in [-0.3, -0.25) is 9.09 Å². The zero-order valence-electron chi connectivity index (χ0n) is 10.3. The average molecular weight is 390 g/mol. The number of aliphatic hydroxyl groups is 3. The molecule has 1 fully saturated rings. The molecule has 0 radical (unpaired) electrons. The van der Waals surface area contributed by atoms with Crippen molar-refractivity contribution in [2.45, 2.75) is 30.4 Å². The number of hydrogen-bond donors (Lipinski definition) is 8. The van der Waals surface area contributed by atoms with Crippen LogP contribution in [0.1, 0.15) is 0 Å². The van der Waals surface area contributed by atoms with Gasteiger partial charge in [0.15, 0.2) is 12.1 Å². The summed E-state index contributed by atoms with van der Waals surface area (Å²) in [7, 11) is -16.2. The van der Waals surface area contributed by atoms with E-state index in [9.17, 15) is 29.0 Å². The monoisotopic (exact) mass is 390 g/mol. The van der Waals surface area contributed by atoms with Crippen LogP contribution in [0.4, 0.5) is 0 Å². The Kier molecular flexibility index (Phi) is 6.12. The first kappa shape index (κ1) is 20.3. The van der Waals surface area contributed by atoms with Gasteiger partial charge in [0.1, 0.15) is 18.3 Å². The van der Waals surface area contributed by atoms with Crippen molar-refractivity contribution < 1.29 is 67.1 Å². The summed E-state index contributed by atoms with van der Waals surface area (Å²) in [6.45, 7) is 0. The lowest BCUT2D eigenvalue weighted by Gasteiger charge is -2.40. The van der Waals surface area contributed by atoms with Crippen LogP contribution in [0, 0.1) is 0 Å². The van der Waals surface area contributed by atoms with Crippen molar-refractivity contribution in [3.8, 4) is 0 Å². The minimum absolute atomic E-state index is 2.26. The van der Waals surface area contributed by atoms with Crippen LogP contribution in [0.15, 0.2) is 0 Å². The highest BCUT2D eigenvalue weighted by molar-refractivity contribution is 7.60. The summed E-state index contributed by atoms with van der Waals surface area (Å²) < 4.78 is 44.6. The fourth-order valence-electron chi connectivity index (χ4n) is 1.48. The summed E-state index contributed by atoms with van der Waals surface area (Å²) in [4.78, 5) is 43.6. The molecule has 22 heavy (non-hydrogen) atoms. The van der Waals surface area contributed by atoms with E-state index in [2.05, 4.69) is 13.6 Å². The topological polar surface area (TPSA) is 241 Å². The first-order valence-corrected chi connectivity index (χ1v) is 9.88. The Balaban J connectivity index is 2.96. The summed E-state index contributed by atoms with van der Waals surface area (Å²) in [5, 5.41) is 28.2. The van der Waals surface area contributed by atoms with E-state index in [0.29, 0.717) is 0 Å². The van der Waals surface area contributed by atoms with Gasteiger partial charge in [-0.25, -0.2) is 9.13 Å². The number of rotatable bonds is 5. The SMILES string of the molecule is O=P(O)(O)OP(=O)(O)O[C@H]1OC(P(=O)(O)O)[C@@H](O)[C@@H](O)[C@H]1O. The second kappa shape index (κ2) is 6.63. The summed E-state index contributed by atoms with van der Waals surface area (Å²) in [6.07, 6.45) is -9.24. The van der Waals surface area contributed by atoms with Crippen LogP contribution < -0.4 is 0 Å². The lowest BCUT2D eigenvalue weighted by molar-refractivity contribution is -0.260. The summed E-state index contributed by atoms with van der Waals surface area (Å²) in [5.41, 5.74) is 0. The van der Waals surface area contributed by atoms with Crippen LogP contribution in [0.2, 0.25) is 0 Å². The molecule has 2 unspecified atom stereocenters. The van der Waals surface area contributed by atoms with Gasteiger partial charge in [-0.15, -0.1) is 0 Å². The van der Waals surface area contributed by atoms with Gasteiger partial charge in [0.05, 0.1) is 0 Å². The molecule has 17 heteroatoms. The zero-order chi connectivity index (χ0) is 17.5. The Labute approximate surface area is 121 Å². The highest BCUT2D eigenvalue weighted by atomic mass is 31.3. The average Bonchev–Trinajstić information content (AvgIpc) is 2.24. The van der Waals surface area contributed by atoms with Crippen LogP contribution in [0.3, 0.4) is 0 Å². The lowest BCUT2D eigenvalue weighted by Crippen LogP contribution is -2.57. The molecule has 0 aromatic carbocycles. The van der Waals surface area contributed by atoms with Gasteiger partial charge in [0, 0.05) is 0 Å². The quantitative estimate of drug-likeness (QED) is 0.221. The Morgan fingerprint density at radius 3 is 1.73 bits per heavy atom. The van der Waals surface area contributed by atoms with Crippen LogP contribution in [0.5, 0.6) is 0 Å². The van der Waals surface area contributed by atoms with E-state index in [1.54, 1.807) is 0 Å². The smallest absolute Gasteiger partial charge is 0.387 e. The lowest BCUT2D eigenvalue weighted by atomic mass is 10.1. The molecule has 0 aromatic heterocycles. The molecular weight excluding hydrogens is 377 g/mol. The number of ether oxygens (including phenoxy) is 1. The van der Waals surface area contributed by atoms with Crippen molar-refractivity contribution in [2.24, 2.45) is 0 Å². The molecule has 6 atom stereocenters. The molecule has 0 bridgehead atoms. The van der Waals surface area contributed by atoms with Crippen LogP contribution in [-0.4, -0.2) is 70.2 Å². The maximum Gasteiger partial charge on any atom is 0.483 e. The molecule has 8 N–H and O–H groups in total. The van der Waals surface area contributed by atoms with Gasteiger partial charge >= 0.3 is 23.2 Å². The van der Waals surface area contributed by atoms with Gasteiger partial charge in [0.25, 0.3) is 0 Å². The van der Waals surface area contributed by atoms with Gasteiger partial charge in [-0.1, -0.05) is 0 Å². The fraction of sp³-hybridized carbons (Fsp3) is 1.00. The zero-order valence-corrected chi connectivity index (χ0v) is 12.9. The van der Waals surface area contributed by atoms with Crippen LogP contribution in [0.25, 0.3) is 0 Å². The van der Waals surface area contributed by atoms with Gasteiger partial charge in [-0.05, 0) is 0 Å². The third kappa shape index (κ3) is 5.41. The molecule has 1 aliphatic rings. The second-order valence-electron chi connectivity index (χ2n) is 4.10. The Morgan fingerprint density at radius 1 is 0.818 bits per heavy atom. The van der Waals surface area contributed by atoms with Gasteiger partial charge in [0.2, 0.25) is 0 Å². The third-order valence-electron chi connectivity index (χ3n) is 2.32. The van der Waals surface area contributed by atoms with Crippen LogP contribution >= 0.6 is 23.2 Å². The number of phosphoric acid groups is 2. The molecular formula is C5H13O14P3. The van der Waals surface area contributed by atoms with E-state index in [0.717, 1.165) is 0 Å². The molecule has 1 heterocycles. The van der Waals surface area contributed by atoms with E-state index in [-0.39, 0.29) is 0 Å². The van der Waals surface area contributed by atoms with Gasteiger partial charge in [-0.2, -0.15) is 4.31 Å². The highest BCUT2D eigenvalue weighted by Gasteiger charge is 2.53. The molecule has 0 saturated carbocycles. The van der Waals surface area contributed by atoms with Crippen molar-refractivity contribution in [2.75, 3.05) is 0 Å². The first-order chi connectivity index (χ1) is 9.64. The molecule has 0 spiro atoms. The largest absolute Gasteiger partial charge is 0.483 e. The van der Waals surface area contributed by atoms with E-state index in [1.165, 1.54) is 0 Å². The van der Waals surface area contributed by atoms with E-state index in [1.807, 2.05) is 0 Å². The van der Waals surface area contributed by atoms with Crippen LogP contribution in [-0.2, 0) is 27.3 Å². The predicted molar refractivity (Wildman–Crippen MR) is 62.8 cm³/mol. The molecule has 1 aliphatic heterocycles.